The van der Waals surface area contributed by atoms with Crippen molar-refractivity contribution in [3.05, 3.63) is 29.8 Å². The lowest BCUT2D eigenvalue weighted by Crippen LogP contribution is -2.49. The average Bonchev–Trinajstić information content (AvgIpc) is 2.37. The Morgan fingerprint density at radius 1 is 1.40 bits per heavy atom. The maximum absolute atomic E-state index is 12.1. The fourth-order valence-electron chi connectivity index (χ4n) is 1.82. The molecule has 0 aliphatic heterocycles. The SMILES string of the molecule is CCOc1cccc(C(C)NC(=O)C(N)C(C)(C)C)c1. The van der Waals surface area contributed by atoms with Gasteiger partial charge in [-0.2, -0.15) is 0 Å². The van der Waals surface area contributed by atoms with E-state index in [2.05, 4.69) is 5.32 Å². The maximum Gasteiger partial charge on any atom is 0.237 e. The Morgan fingerprint density at radius 2 is 2.05 bits per heavy atom. The van der Waals surface area contributed by atoms with Gasteiger partial charge in [-0.15, -0.1) is 0 Å². The van der Waals surface area contributed by atoms with E-state index in [1.54, 1.807) is 0 Å². The van der Waals surface area contributed by atoms with Crippen LogP contribution < -0.4 is 15.8 Å². The van der Waals surface area contributed by atoms with Gasteiger partial charge in [0.05, 0.1) is 18.7 Å². The number of hydrogen-bond acceptors (Lipinski definition) is 3. The number of carbonyl (C=O) groups is 1. The minimum absolute atomic E-state index is 0.101. The van der Waals surface area contributed by atoms with Crippen LogP contribution in [-0.4, -0.2) is 18.6 Å². The highest BCUT2D eigenvalue weighted by molar-refractivity contribution is 5.82. The van der Waals surface area contributed by atoms with Gasteiger partial charge in [0.2, 0.25) is 5.91 Å². The van der Waals surface area contributed by atoms with Crippen LogP contribution in [-0.2, 0) is 4.79 Å². The molecule has 4 nitrogen and oxygen atoms in total. The third kappa shape index (κ3) is 4.53. The molecule has 2 unspecified atom stereocenters. The predicted molar refractivity (Wildman–Crippen MR) is 81.6 cm³/mol. The van der Waals surface area contributed by atoms with E-state index in [4.69, 9.17) is 10.5 Å². The standard InChI is InChI=1S/C16H26N2O2/c1-6-20-13-9-7-8-12(10-13)11(2)18-15(19)14(17)16(3,4)5/h7-11,14H,6,17H2,1-5H3,(H,18,19). The van der Waals surface area contributed by atoms with Crippen molar-refractivity contribution in [1.82, 2.24) is 5.32 Å². The van der Waals surface area contributed by atoms with Crippen molar-refractivity contribution in [3.63, 3.8) is 0 Å². The smallest absolute Gasteiger partial charge is 0.237 e. The van der Waals surface area contributed by atoms with Crippen LogP contribution in [0, 0.1) is 5.41 Å². The second-order valence-corrected chi connectivity index (χ2v) is 6.08. The van der Waals surface area contributed by atoms with Gasteiger partial charge in [-0.3, -0.25) is 4.79 Å². The van der Waals surface area contributed by atoms with Crippen LogP contribution >= 0.6 is 0 Å². The van der Waals surface area contributed by atoms with Crippen LogP contribution in [0.1, 0.15) is 46.2 Å². The Hall–Kier alpha value is -1.55. The lowest BCUT2D eigenvalue weighted by Gasteiger charge is -2.27. The fraction of sp³-hybridized carbons (Fsp3) is 0.562. The van der Waals surface area contributed by atoms with E-state index in [0.717, 1.165) is 11.3 Å². The Morgan fingerprint density at radius 3 is 2.60 bits per heavy atom. The molecule has 0 aliphatic rings. The lowest BCUT2D eigenvalue weighted by molar-refractivity contribution is -0.125. The first kappa shape index (κ1) is 16.5. The first-order valence-electron chi connectivity index (χ1n) is 7.04. The minimum Gasteiger partial charge on any atom is -0.494 e. The van der Waals surface area contributed by atoms with Gasteiger partial charge in [-0.25, -0.2) is 0 Å². The summed E-state index contributed by atoms with van der Waals surface area (Å²) in [5.41, 5.74) is 6.71. The van der Waals surface area contributed by atoms with Crippen molar-refractivity contribution in [1.29, 1.82) is 0 Å². The third-order valence-electron chi connectivity index (χ3n) is 3.24. The molecule has 2 atom stereocenters. The summed E-state index contributed by atoms with van der Waals surface area (Å²) in [5.74, 6) is 0.679. The summed E-state index contributed by atoms with van der Waals surface area (Å²) in [4.78, 5) is 12.1. The summed E-state index contributed by atoms with van der Waals surface area (Å²) in [6.45, 7) is 10.4. The molecule has 3 N–H and O–H groups in total. The van der Waals surface area contributed by atoms with E-state index in [0.29, 0.717) is 6.61 Å². The summed E-state index contributed by atoms with van der Waals surface area (Å²) in [6.07, 6.45) is 0. The third-order valence-corrected chi connectivity index (χ3v) is 3.24. The zero-order valence-electron chi connectivity index (χ0n) is 13.1. The number of rotatable bonds is 5. The van der Waals surface area contributed by atoms with Crippen LogP contribution in [0.4, 0.5) is 0 Å². The Balaban J connectivity index is 2.73. The van der Waals surface area contributed by atoms with Gasteiger partial charge in [-0.1, -0.05) is 32.9 Å². The number of carbonyl (C=O) groups excluding carboxylic acids is 1. The summed E-state index contributed by atoms with van der Waals surface area (Å²) in [6, 6.07) is 7.11. The van der Waals surface area contributed by atoms with Crippen molar-refractivity contribution in [2.45, 2.75) is 46.7 Å². The van der Waals surface area contributed by atoms with Gasteiger partial charge in [0.15, 0.2) is 0 Å². The number of benzene rings is 1. The second kappa shape index (κ2) is 6.75. The van der Waals surface area contributed by atoms with Gasteiger partial charge in [0.1, 0.15) is 5.75 Å². The van der Waals surface area contributed by atoms with E-state index < -0.39 is 6.04 Å². The molecular weight excluding hydrogens is 252 g/mol. The molecule has 0 fully saturated rings. The molecule has 0 saturated carbocycles. The number of nitrogens with one attached hydrogen (secondary N) is 1. The van der Waals surface area contributed by atoms with Gasteiger partial charge in [0, 0.05) is 0 Å². The molecule has 0 radical (unpaired) electrons. The molecule has 0 bridgehead atoms. The molecule has 1 aromatic carbocycles. The van der Waals surface area contributed by atoms with Crippen molar-refractivity contribution in [2.24, 2.45) is 11.1 Å². The van der Waals surface area contributed by atoms with Crippen molar-refractivity contribution < 1.29 is 9.53 Å². The summed E-state index contributed by atoms with van der Waals surface area (Å²) in [7, 11) is 0. The number of amides is 1. The topological polar surface area (TPSA) is 64.3 Å². The molecule has 0 heterocycles. The number of hydrogen-bond donors (Lipinski definition) is 2. The van der Waals surface area contributed by atoms with E-state index in [9.17, 15) is 4.79 Å². The average molecular weight is 278 g/mol. The van der Waals surface area contributed by atoms with Gasteiger partial charge in [0.25, 0.3) is 0 Å². The monoisotopic (exact) mass is 278 g/mol. The van der Waals surface area contributed by atoms with Crippen LogP contribution in [0.15, 0.2) is 24.3 Å². The van der Waals surface area contributed by atoms with Crippen LogP contribution in [0.5, 0.6) is 5.75 Å². The molecule has 1 rings (SSSR count). The molecule has 0 aliphatic carbocycles. The highest BCUT2D eigenvalue weighted by Crippen LogP contribution is 2.21. The minimum atomic E-state index is -0.528. The van der Waals surface area contributed by atoms with E-state index in [1.165, 1.54) is 0 Å². The highest BCUT2D eigenvalue weighted by atomic mass is 16.5. The summed E-state index contributed by atoms with van der Waals surface area (Å²) >= 11 is 0. The van der Waals surface area contributed by atoms with E-state index >= 15 is 0 Å². The molecule has 1 amide bonds. The highest BCUT2D eigenvalue weighted by Gasteiger charge is 2.28. The zero-order valence-corrected chi connectivity index (χ0v) is 13.1. The zero-order chi connectivity index (χ0) is 15.3. The van der Waals surface area contributed by atoms with Crippen LogP contribution in [0.2, 0.25) is 0 Å². The predicted octanol–water partition coefficient (Wildman–Crippen LogP) is 2.64. The van der Waals surface area contributed by atoms with Gasteiger partial charge < -0.3 is 15.8 Å². The molecule has 1 aromatic rings. The van der Waals surface area contributed by atoms with Crippen molar-refractivity contribution >= 4 is 5.91 Å². The van der Waals surface area contributed by atoms with Gasteiger partial charge in [-0.05, 0) is 37.0 Å². The van der Waals surface area contributed by atoms with Crippen LogP contribution in [0.3, 0.4) is 0 Å². The molecule has 112 valence electrons. The van der Waals surface area contributed by atoms with E-state index in [1.807, 2.05) is 58.9 Å². The molecular formula is C16H26N2O2. The van der Waals surface area contributed by atoms with Crippen molar-refractivity contribution in [2.75, 3.05) is 6.61 Å². The Bertz CT molecular complexity index is 452. The normalized spacial score (nSPS) is 14.5. The largest absolute Gasteiger partial charge is 0.494 e. The number of ether oxygens (including phenoxy) is 1. The maximum atomic E-state index is 12.1. The fourth-order valence-corrected chi connectivity index (χ4v) is 1.82. The quantitative estimate of drug-likeness (QED) is 0.870. The first-order chi connectivity index (χ1) is 9.25. The summed E-state index contributed by atoms with van der Waals surface area (Å²) in [5, 5.41) is 2.95. The lowest BCUT2D eigenvalue weighted by atomic mass is 9.86. The molecule has 4 heteroatoms. The first-order valence-corrected chi connectivity index (χ1v) is 7.04. The molecule has 0 saturated heterocycles. The van der Waals surface area contributed by atoms with E-state index in [-0.39, 0.29) is 17.4 Å². The Kier molecular flexibility index (Phi) is 5.57. The Labute approximate surface area is 121 Å². The molecule has 0 aromatic heterocycles. The summed E-state index contributed by atoms with van der Waals surface area (Å²) < 4.78 is 5.47. The second-order valence-electron chi connectivity index (χ2n) is 6.08. The van der Waals surface area contributed by atoms with Crippen molar-refractivity contribution in [3.8, 4) is 5.75 Å². The van der Waals surface area contributed by atoms with Crippen LogP contribution in [0.25, 0.3) is 0 Å². The molecule has 20 heavy (non-hydrogen) atoms. The van der Waals surface area contributed by atoms with Gasteiger partial charge >= 0.3 is 0 Å². The number of nitrogens with two attached hydrogens (primary N) is 1. The molecule has 0 spiro atoms.